The van der Waals surface area contributed by atoms with Crippen molar-refractivity contribution in [2.24, 2.45) is 5.92 Å². The van der Waals surface area contributed by atoms with Gasteiger partial charge in [0.2, 0.25) is 0 Å². The lowest BCUT2D eigenvalue weighted by Crippen LogP contribution is -2.46. The van der Waals surface area contributed by atoms with Crippen LogP contribution in [-0.2, 0) is 9.53 Å². The monoisotopic (exact) mass is 150 g/mol. The minimum Gasteiger partial charge on any atom is -0.365 e. The highest BCUT2D eigenvalue weighted by molar-refractivity contribution is 6.04. The molecule has 0 spiro atoms. The third-order valence-corrected chi connectivity index (χ3v) is 2.57. The van der Waals surface area contributed by atoms with E-state index in [-0.39, 0.29) is 11.7 Å². The van der Waals surface area contributed by atoms with Crippen LogP contribution < -0.4 is 0 Å². The van der Waals surface area contributed by atoms with Gasteiger partial charge in [-0.2, -0.15) is 0 Å². The number of hydrogen-bond donors (Lipinski definition) is 0. The van der Waals surface area contributed by atoms with E-state index in [1.54, 1.807) is 13.2 Å². The summed E-state index contributed by atoms with van der Waals surface area (Å²) in [7, 11) is 1.58. The molecule has 0 aromatic carbocycles. The van der Waals surface area contributed by atoms with E-state index >= 15 is 0 Å². The molecular weight excluding hydrogens is 140 g/mol. The number of methoxy groups -OCH3 is 1. The lowest BCUT2D eigenvalue weighted by Gasteiger charge is -2.36. The number of rotatable bonds is 1. The van der Waals surface area contributed by atoms with Gasteiger partial charge in [0.05, 0.1) is 0 Å². The second-order valence-electron chi connectivity index (χ2n) is 3.09. The predicted molar refractivity (Wildman–Crippen MR) is 41.1 cm³/mol. The van der Waals surface area contributed by atoms with E-state index in [0.717, 1.165) is 5.57 Å². The third kappa shape index (κ3) is 0.583. The summed E-state index contributed by atoms with van der Waals surface area (Å²) in [5.41, 5.74) is 0.503. The fraction of sp³-hybridized carbons (Fsp3) is 0.444. The Hall–Kier alpha value is -0.890. The summed E-state index contributed by atoms with van der Waals surface area (Å²) < 4.78 is 5.19. The van der Waals surface area contributed by atoms with Gasteiger partial charge in [-0.25, -0.2) is 0 Å². The van der Waals surface area contributed by atoms with E-state index < -0.39 is 5.60 Å². The van der Waals surface area contributed by atoms with Crippen molar-refractivity contribution >= 4 is 5.78 Å². The molecule has 58 valence electrons. The Morgan fingerprint density at radius 1 is 1.64 bits per heavy atom. The van der Waals surface area contributed by atoms with E-state index in [4.69, 9.17) is 4.74 Å². The Kier molecular flexibility index (Phi) is 1.13. The highest BCUT2D eigenvalue weighted by Crippen LogP contribution is 2.44. The molecule has 2 heteroatoms. The Morgan fingerprint density at radius 2 is 2.36 bits per heavy atom. The normalized spacial score (nSPS) is 40.0. The van der Waals surface area contributed by atoms with Crippen molar-refractivity contribution in [3.05, 3.63) is 23.8 Å². The fourth-order valence-corrected chi connectivity index (χ4v) is 1.80. The van der Waals surface area contributed by atoms with Crippen molar-refractivity contribution in [1.29, 1.82) is 0 Å². The summed E-state index contributed by atoms with van der Waals surface area (Å²) in [6.07, 6.45) is 5.53. The van der Waals surface area contributed by atoms with Crippen LogP contribution in [0.4, 0.5) is 0 Å². The molecule has 2 aliphatic rings. The lowest BCUT2D eigenvalue weighted by atomic mass is 9.77. The van der Waals surface area contributed by atoms with Gasteiger partial charge in [-0.3, -0.25) is 4.79 Å². The van der Waals surface area contributed by atoms with Crippen molar-refractivity contribution in [2.45, 2.75) is 12.5 Å². The largest absolute Gasteiger partial charge is 0.365 e. The van der Waals surface area contributed by atoms with Crippen LogP contribution >= 0.6 is 0 Å². The van der Waals surface area contributed by atoms with Crippen LogP contribution in [0.3, 0.4) is 0 Å². The molecule has 0 N–H and O–H groups in total. The van der Waals surface area contributed by atoms with E-state index in [0.29, 0.717) is 0 Å². The molecule has 2 unspecified atom stereocenters. The van der Waals surface area contributed by atoms with Gasteiger partial charge in [0.1, 0.15) is 0 Å². The van der Waals surface area contributed by atoms with Crippen molar-refractivity contribution < 1.29 is 9.53 Å². The maximum Gasteiger partial charge on any atom is 0.192 e. The quantitative estimate of drug-likeness (QED) is 0.523. The van der Waals surface area contributed by atoms with Crippen molar-refractivity contribution in [2.75, 3.05) is 7.11 Å². The summed E-state index contributed by atoms with van der Waals surface area (Å²) in [5.74, 6) is 0.296. The lowest BCUT2D eigenvalue weighted by molar-refractivity contribution is -0.133. The molecule has 0 saturated heterocycles. The molecule has 0 bridgehead atoms. The van der Waals surface area contributed by atoms with E-state index in [9.17, 15) is 4.79 Å². The maximum atomic E-state index is 11.3. The van der Waals surface area contributed by atoms with Crippen LogP contribution in [0.2, 0.25) is 0 Å². The minimum absolute atomic E-state index is 0.0880. The molecule has 0 heterocycles. The van der Waals surface area contributed by atoms with Crippen molar-refractivity contribution in [3.8, 4) is 0 Å². The summed E-state index contributed by atoms with van der Waals surface area (Å²) in [6.45, 7) is 1.97. The zero-order valence-electron chi connectivity index (χ0n) is 6.63. The number of fused-ring (bicyclic) bond motifs is 1. The fourth-order valence-electron chi connectivity index (χ4n) is 1.80. The van der Waals surface area contributed by atoms with Crippen LogP contribution in [0.25, 0.3) is 0 Å². The smallest absolute Gasteiger partial charge is 0.192 e. The topological polar surface area (TPSA) is 26.3 Å². The first-order valence-electron chi connectivity index (χ1n) is 3.68. The van der Waals surface area contributed by atoms with Gasteiger partial charge >= 0.3 is 0 Å². The molecule has 0 aromatic rings. The molecule has 2 aliphatic carbocycles. The van der Waals surface area contributed by atoms with Gasteiger partial charge < -0.3 is 4.74 Å². The summed E-state index contributed by atoms with van der Waals surface area (Å²) >= 11 is 0. The van der Waals surface area contributed by atoms with Crippen LogP contribution in [-0.4, -0.2) is 18.5 Å². The molecule has 0 aromatic heterocycles. The summed E-state index contributed by atoms with van der Waals surface area (Å²) in [6, 6.07) is 0. The number of carbonyl (C=O) groups excluding carboxylic acids is 1. The summed E-state index contributed by atoms with van der Waals surface area (Å²) in [4.78, 5) is 11.3. The van der Waals surface area contributed by atoms with Gasteiger partial charge in [0.25, 0.3) is 0 Å². The number of ether oxygens (including phenoxy) is 1. The molecule has 2 atom stereocenters. The Morgan fingerprint density at radius 3 is 2.64 bits per heavy atom. The molecule has 0 fully saturated rings. The first kappa shape index (κ1) is 6.80. The SMILES string of the molecule is COC12C=CC1C(C)=CC2=O. The predicted octanol–water partition coefficient (Wildman–Crippen LogP) is 1.09. The van der Waals surface area contributed by atoms with Gasteiger partial charge in [-0.05, 0) is 19.1 Å². The molecule has 11 heavy (non-hydrogen) atoms. The Bertz CT molecular complexity index is 275. The van der Waals surface area contributed by atoms with Gasteiger partial charge in [-0.15, -0.1) is 0 Å². The highest BCUT2D eigenvalue weighted by atomic mass is 16.5. The Labute approximate surface area is 65.5 Å². The minimum atomic E-state index is -0.607. The van der Waals surface area contributed by atoms with Crippen molar-refractivity contribution in [1.82, 2.24) is 0 Å². The molecule has 2 rings (SSSR count). The second-order valence-corrected chi connectivity index (χ2v) is 3.09. The average Bonchev–Trinajstić information content (AvgIpc) is 2.00. The zero-order valence-corrected chi connectivity index (χ0v) is 6.63. The van der Waals surface area contributed by atoms with Gasteiger partial charge in [-0.1, -0.05) is 11.6 Å². The number of carbonyl (C=O) groups is 1. The first-order chi connectivity index (χ1) is 5.20. The van der Waals surface area contributed by atoms with Crippen LogP contribution in [0.1, 0.15) is 6.92 Å². The van der Waals surface area contributed by atoms with E-state index in [1.165, 1.54) is 0 Å². The van der Waals surface area contributed by atoms with Crippen LogP contribution in [0.5, 0.6) is 0 Å². The zero-order chi connectivity index (χ0) is 8.06. The maximum absolute atomic E-state index is 11.3. The number of hydrogen-bond acceptors (Lipinski definition) is 2. The molecule has 0 radical (unpaired) electrons. The molecule has 0 aliphatic heterocycles. The number of ketones is 1. The average molecular weight is 150 g/mol. The van der Waals surface area contributed by atoms with Crippen LogP contribution in [0.15, 0.2) is 23.8 Å². The third-order valence-electron chi connectivity index (χ3n) is 2.57. The molecule has 2 nitrogen and oxygen atoms in total. The molecular formula is C9H10O2. The van der Waals surface area contributed by atoms with Gasteiger partial charge in [0.15, 0.2) is 11.4 Å². The summed E-state index contributed by atoms with van der Waals surface area (Å²) in [5, 5.41) is 0. The Balaban J connectivity index is 2.43. The van der Waals surface area contributed by atoms with E-state index in [1.807, 2.05) is 19.1 Å². The molecule has 0 saturated carbocycles. The van der Waals surface area contributed by atoms with Crippen LogP contribution in [0, 0.1) is 5.92 Å². The first-order valence-corrected chi connectivity index (χ1v) is 3.68. The second kappa shape index (κ2) is 1.83. The van der Waals surface area contributed by atoms with E-state index in [2.05, 4.69) is 0 Å². The standard InChI is InChI=1S/C9H10O2/c1-6-5-8(10)9(11-2)4-3-7(6)9/h3-5,7H,1-2H3. The van der Waals surface area contributed by atoms with Gasteiger partial charge in [0, 0.05) is 13.0 Å². The van der Waals surface area contributed by atoms with Crippen molar-refractivity contribution in [3.63, 3.8) is 0 Å². The highest BCUT2D eigenvalue weighted by Gasteiger charge is 2.51. The molecule has 0 amide bonds.